The maximum atomic E-state index is 5.88. The smallest absolute Gasteiger partial charge is 0.374 e. The van der Waals surface area contributed by atoms with Crippen LogP contribution in [0.2, 0.25) is 6.04 Å². The van der Waals surface area contributed by atoms with Crippen LogP contribution < -0.4 is 0 Å². The zero-order chi connectivity index (χ0) is 16.5. The molecule has 7 heteroatoms. The van der Waals surface area contributed by atoms with Crippen molar-refractivity contribution in [3.05, 3.63) is 24.3 Å². The van der Waals surface area contributed by atoms with Gasteiger partial charge >= 0.3 is 8.80 Å². The van der Waals surface area contributed by atoms with E-state index < -0.39 is 8.80 Å². The summed E-state index contributed by atoms with van der Waals surface area (Å²) in [6, 6.07) is 9.13. The van der Waals surface area contributed by atoms with E-state index in [9.17, 15) is 0 Å². The molecule has 0 saturated carbocycles. The second-order valence-electron chi connectivity index (χ2n) is 4.88. The Morgan fingerprint density at radius 2 is 1.70 bits per heavy atom. The summed E-state index contributed by atoms with van der Waals surface area (Å²) in [5, 5.41) is 0. The van der Waals surface area contributed by atoms with Crippen LogP contribution in [0.4, 0.5) is 0 Å². The van der Waals surface area contributed by atoms with Crippen LogP contribution in [0, 0.1) is 0 Å². The van der Waals surface area contributed by atoms with E-state index in [1.807, 2.05) is 26.8 Å². The van der Waals surface area contributed by atoms with Crippen LogP contribution in [0.3, 0.4) is 0 Å². The number of hydrogen-bond acceptors (Lipinski definition) is 6. The van der Waals surface area contributed by atoms with Gasteiger partial charge in [0.05, 0.1) is 10.2 Å². The zero-order valence-electron chi connectivity index (χ0n) is 14.0. The molecule has 1 aromatic heterocycles. The lowest BCUT2D eigenvalue weighted by Gasteiger charge is -2.28. The molecule has 0 bridgehead atoms. The predicted octanol–water partition coefficient (Wildman–Crippen LogP) is 4.83. The van der Waals surface area contributed by atoms with Crippen LogP contribution in [0.5, 0.6) is 0 Å². The number of thioether (sulfide) groups is 1. The second kappa shape index (κ2) is 9.76. The molecular weight excluding hydrogens is 346 g/mol. The summed E-state index contributed by atoms with van der Waals surface area (Å²) in [4.78, 5) is 4.65. The van der Waals surface area contributed by atoms with E-state index in [-0.39, 0.29) is 0 Å². The average Bonchev–Trinajstić information content (AvgIpc) is 2.95. The van der Waals surface area contributed by atoms with Gasteiger partial charge in [0, 0.05) is 31.6 Å². The van der Waals surface area contributed by atoms with Gasteiger partial charge in [-0.2, -0.15) is 0 Å². The van der Waals surface area contributed by atoms with Crippen LogP contribution in [0.25, 0.3) is 10.2 Å². The van der Waals surface area contributed by atoms with E-state index in [2.05, 4.69) is 23.2 Å². The molecule has 4 nitrogen and oxygen atoms in total. The van der Waals surface area contributed by atoms with Gasteiger partial charge in [0.15, 0.2) is 4.34 Å². The summed E-state index contributed by atoms with van der Waals surface area (Å²) in [5.41, 5.74) is 1.08. The van der Waals surface area contributed by atoms with Gasteiger partial charge < -0.3 is 13.3 Å². The standard InChI is InChI=1S/C16H25NO3S2Si/c1-4-18-23(19-5-2,20-6-3)13-9-12-21-16-17-14-10-7-8-11-15(14)22-16/h7-8,10-11H,4-6,9,12-13H2,1-3H3. The third-order valence-electron chi connectivity index (χ3n) is 3.22. The third-order valence-corrected chi connectivity index (χ3v) is 8.64. The molecule has 2 rings (SSSR count). The van der Waals surface area contributed by atoms with E-state index in [1.165, 1.54) is 4.70 Å². The molecule has 2 aromatic rings. The van der Waals surface area contributed by atoms with Crippen molar-refractivity contribution in [2.45, 2.75) is 37.6 Å². The number of nitrogens with zero attached hydrogens (tertiary/aromatic N) is 1. The molecule has 1 heterocycles. The lowest BCUT2D eigenvalue weighted by Crippen LogP contribution is -2.46. The van der Waals surface area contributed by atoms with Crippen molar-refractivity contribution >= 4 is 42.1 Å². The Balaban J connectivity index is 1.86. The van der Waals surface area contributed by atoms with Gasteiger partial charge in [-0.05, 0) is 39.3 Å². The van der Waals surface area contributed by atoms with Crippen molar-refractivity contribution in [1.29, 1.82) is 0 Å². The molecule has 128 valence electrons. The molecule has 0 unspecified atom stereocenters. The SMILES string of the molecule is CCO[Si](CCCSc1nc2ccccc2s1)(OCC)OCC. The first-order valence-corrected chi connectivity index (χ1v) is 11.9. The van der Waals surface area contributed by atoms with Gasteiger partial charge in [-0.15, -0.1) is 11.3 Å². The average molecular weight is 372 g/mol. The second-order valence-corrected chi connectivity index (χ2v) is 9.99. The minimum Gasteiger partial charge on any atom is -0.374 e. The molecule has 0 saturated heterocycles. The van der Waals surface area contributed by atoms with E-state index in [0.29, 0.717) is 19.8 Å². The van der Waals surface area contributed by atoms with E-state index >= 15 is 0 Å². The summed E-state index contributed by atoms with van der Waals surface area (Å²) < 4.78 is 20.0. The van der Waals surface area contributed by atoms with Gasteiger partial charge in [-0.3, -0.25) is 0 Å². The Morgan fingerprint density at radius 3 is 2.30 bits per heavy atom. The number of rotatable bonds is 11. The number of hydrogen-bond donors (Lipinski definition) is 0. The van der Waals surface area contributed by atoms with Crippen molar-refractivity contribution in [1.82, 2.24) is 4.98 Å². The highest BCUT2D eigenvalue weighted by atomic mass is 32.2. The fourth-order valence-electron chi connectivity index (χ4n) is 2.36. The van der Waals surface area contributed by atoms with Gasteiger partial charge in [-0.1, -0.05) is 23.9 Å². The molecule has 0 aliphatic rings. The van der Waals surface area contributed by atoms with Crippen molar-refractivity contribution in [2.75, 3.05) is 25.6 Å². The lowest BCUT2D eigenvalue weighted by molar-refractivity contribution is 0.0712. The molecular formula is C16H25NO3S2Si. The molecule has 0 aliphatic heterocycles. The molecule has 23 heavy (non-hydrogen) atoms. The highest BCUT2D eigenvalue weighted by Gasteiger charge is 2.39. The van der Waals surface area contributed by atoms with E-state index in [4.69, 9.17) is 13.3 Å². The Labute approximate surface area is 147 Å². The highest BCUT2D eigenvalue weighted by Crippen LogP contribution is 2.30. The predicted molar refractivity (Wildman–Crippen MR) is 100 cm³/mol. The van der Waals surface area contributed by atoms with Crippen LogP contribution >= 0.6 is 23.1 Å². The fourth-order valence-corrected chi connectivity index (χ4v) is 7.31. The number of benzene rings is 1. The maximum Gasteiger partial charge on any atom is 0.500 e. The molecule has 1 aromatic carbocycles. The van der Waals surface area contributed by atoms with Gasteiger partial charge in [-0.25, -0.2) is 4.98 Å². The van der Waals surface area contributed by atoms with Crippen LogP contribution in [0.1, 0.15) is 27.2 Å². The van der Waals surface area contributed by atoms with E-state index in [0.717, 1.165) is 28.1 Å². The minimum atomic E-state index is -2.50. The monoisotopic (exact) mass is 371 g/mol. The van der Waals surface area contributed by atoms with Crippen molar-refractivity contribution in [3.63, 3.8) is 0 Å². The number of fused-ring (bicyclic) bond motifs is 1. The highest BCUT2D eigenvalue weighted by molar-refractivity contribution is 8.01. The molecule has 0 aliphatic carbocycles. The van der Waals surface area contributed by atoms with E-state index in [1.54, 1.807) is 23.1 Å². The van der Waals surface area contributed by atoms with Crippen molar-refractivity contribution < 1.29 is 13.3 Å². The number of para-hydroxylation sites is 1. The van der Waals surface area contributed by atoms with Crippen molar-refractivity contribution in [3.8, 4) is 0 Å². The molecule has 0 N–H and O–H groups in total. The topological polar surface area (TPSA) is 40.6 Å². The molecule has 0 radical (unpaired) electrons. The Hall–Kier alpha value is -0.443. The normalized spacial score (nSPS) is 12.1. The largest absolute Gasteiger partial charge is 0.500 e. The van der Waals surface area contributed by atoms with Crippen LogP contribution in [-0.2, 0) is 13.3 Å². The third kappa shape index (κ3) is 5.55. The van der Waals surface area contributed by atoms with Crippen LogP contribution in [0.15, 0.2) is 28.6 Å². The lowest BCUT2D eigenvalue weighted by atomic mass is 10.3. The first kappa shape index (κ1) is 18.9. The molecule has 0 atom stereocenters. The number of thiazole rings is 1. The Kier molecular flexibility index (Phi) is 8.01. The summed E-state index contributed by atoms with van der Waals surface area (Å²) >= 11 is 3.56. The maximum absolute atomic E-state index is 5.88. The summed E-state index contributed by atoms with van der Waals surface area (Å²) in [6.45, 7) is 7.90. The molecule has 0 amide bonds. The molecule has 0 spiro atoms. The van der Waals surface area contributed by atoms with Crippen LogP contribution in [-0.4, -0.2) is 39.4 Å². The first-order valence-electron chi connectivity index (χ1n) is 8.13. The van der Waals surface area contributed by atoms with Gasteiger partial charge in [0.2, 0.25) is 0 Å². The Morgan fingerprint density at radius 1 is 1.04 bits per heavy atom. The van der Waals surface area contributed by atoms with Crippen molar-refractivity contribution in [2.24, 2.45) is 0 Å². The zero-order valence-corrected chi connectivity index (χ0v) is 16.7. The summed E-state index contributed by atoms with van der Waals surface area (Å²) in [5.74, 6) is 1.00. The Bertz CT molecular complexity index is 543. The fraction of sp³-hybridized carbons (Fsp3) is 0.562. The number of aromatic nitrogens is 1. The summed E-state index contributed by atoms with van der Waals surface area (Å²) in [6.07, 6.45) is 1.01. The molecule has 0 fully saturated rings. The first-order chi connectivity index (χ1) is 11.2. The minimum absolute atomic E-state index is 0.636. The van der Waals surface area contributed by atoms with Gasteiger partial charge in [0.1, 0.15) is 0 Å². The quantitative estimate of drug-likeness (QED) is 0.321. The summed E-state index contributed by atoms with van der Waals surface area (Å²) in [7, 11) is -2.50. The van der Waals surface area contributed by atoms with Gasteiger partial charge in [0.25, 0.3) is 0 Å².